The second kappa shape index (κ2) is 5.91. The quantitative estimate of drug-likeness (QED) is 0.609. The molecule has 2 nitrogen and oxygen atoms in total. The number of rotatable bonds is 4. The number of hydrogen-bond acceptors (Lipinski definition) is 3. The lowest BCUT2D eigenvalue weighted by molar-refractivity contribution is -0.145. The van der Waals surface area contributed by atoms with E-state index in [4.69, 9.17) is 11.6 Å². The Morgan fingerprint density at radius 2 is 2.00 bits per heavy atom. The van der Waals surface area contributed by atoms with Gasteiger partial charge >= 0.3 is 6.18 Å². The fourth-order valence-corrected chi connectivity index (χ4v) is 2.39. The van der Waals surface area contributed by atoms with Crippen molar-refractivity contribution in [1.29, 1.82) is 0 Å². The van der Waals surface area contributed by atoms with Crippen LogP contribution < -0.4 is 0 Å². The van der Waals surface area contributed by atoms with Crippen molar-refractivity contribution >= 4 is 23.4 Å². The molecule has 1 aromatic rings. The van der Waals surface area contributed by atoms with E-state index in [2.05, 4.69) is 23.8 Å². The van der Waals surface area contributed by atoms with Gasteiger partial charge in [-0.05, 0) is 18.1 Å². The monoisotopic (exact) mass is 284 g/mol. The molecule has 0 unspecified atom stereocenters. The highest BCUT2D eigenvalue weighted by Gasteiger charge is 2.35. The maximum Gasteiger partial charge on any atom is 0.451 e. The van der Waals surface area contributed by atoms with Crippen LogP contribution in [0.3, 0.4) is 0 Å². The summed E-state index contributed by atoms with van der Waals surface area (Å²) in [4.78, 5) is 6.61. The van der Waals surface area contributed by atoms with E-state index in [1.165, 1.54) is 17.8 Å². The van der Waals surface area contributed by atoms with Crippen molar-refractivity contribution in [3.63, 3.8) is 0 Å². The normalized spacial score (nSPS) is 12.2. The number of thioether (sulfide) groups is 1. The van der Waals surface area contributed by atoms with Crippen LogP contribution in [0.2, 0.25) is 5.15 Å². The zero-order chi connectivity index (χ0) is 13.1. The van der Waals surface area contributed by atoms with E-state index in [-0.39, 0.29) is 10.2 Å². The molecule has 0 aliphatic heterocycles. The van der Waals surface area contributed by atoms with Gasteiger partial charge in [-0.25, -0.2) is 9.97 Å². The minimum Gasteiger partial charge on any atom is -0.218 e. The molecule has 0 atom stereocenters. The molecule has 0 saturated heterocycles. The van der Waals surface area contributed by atoms with E-state index >= 15 is 0 Å². The highest BCUT2D eigenvalue weighted by Crippen LogP contribution is 2.29. The van der Waals surface area contributed by atoms with E-state index in [0.29, 0.717) is 11.7 Å². The summed E-state index contributed by atoms with van der Waals surface area (Å²) < 4.78 is 37.2. The summed E-state index contributed by atoms with van der Waals surface area (Å²) in [6.07, 6.45) is -3.65. The van der Waals surface area contributed by atoms with Gasteiger partial charge in [0, 0.05) is 6.07 Å². The molecular formula is C10H12ClF3N2S. The van der Waals surface area contributed by atoms with E-state index in [9.17, 15) is 13.2 Å². The number of aromatic nitrogens is 2. The van der Waals surface area contributed by atoms with Crippen molar-refractivity contribution in [2.24, 2.45) is 5.92 Å². The number of alkyl halides is 3. The summed E-state index contributed by atoms with van der Waals surface area (Å²) in [5.74, 6) is 0.0291. The Morgan fingerprint density at radius 1 is 1.35 bits per heavy atom. The van der Waals surface area contributed by atoms with Gasteiger partial charge in [0.05, 0.1) is 0 Å². The largest absolute Gasteiger partial charge is 0.451 e. The molecule has 0 saturated carbocycles. The molecule has 0 aliphatic rings. The minimum atomic E-state index is -4.56. The van der Waals surface area contributed by atoms with Crippen LogP contribution in [0.1, 0.15) is 26.1 Å². The van der Waals surface area contributed by atoms with Gasteiger partial charge < -0.3 is 0 Å². The standard InChI is InChI=1S/C10H12ClF3N2S/c1-6(2)3-4-17-8-5-7(11)15-9(16-8)10(12,13)14/h5-6H,3-4H2,1-2H3. The third kappa shape index (κ3) is 5.12. The lowest BCUT2D eigenvalue weighted by atomic mass is 10.2. The lowest BCUT2D eigenvalue weighted by Crippen LogP contribution is -2.11. The summed E-state index contributed by atoms with van der Waals surface area (Å²) in [5, 5.41) is 0.0809. The fraction of sp³-hybridized carbons (Fsp3) is 0.600. The average Bonchev–Trinajstić information content (AvgIpc) is 2.14. The van der Waals surface area contributed by atoms with Gasteiger partial charge in [-0.2, -0.15) is 13.2 Å². The molecule has 96 valence electrons. The van der Waals surface area contributed by atoms with Crippen LogP contribution in [0.5, 0.6) is 0 Å². The summed E-state index contributed by atoms with van der Waals surface area (Å²) in [6, 6.07) is 1.35. The molecule has 0 aliphatic carbocycles. The van der Waals surface area contributed by atoms with Gasteiger partial charge in [0.1, 0.15) is 10.2 Å². The Hall–Kier alpha value is -0.490. The van der Waals surface area contributed by atoms with Crippen LogP contribution in [-0.2, 0) is 6.18 Å². The van der Waals surface area contributed by atoms with Crippen molar-refractivity contribution in [2.75, 3.05) is 5.75 Å². The Bertz CT molecular complexity index is 382. The molecule has 1 heterocycles. The predicted molar refractivity (Wildman–Crippen MR) is 62.2 cm³/mol. The Morgan fingerprint density at radius 3 is 2.53 bits per heavy atom. The third-order valence-corrected chi connectivity index (χ3v) is 3.01. The maximum atomic E-state index is 12.4. The SMILES string of the molecule is CC(C)CCSc1cc(Cl)nc(C(F)(F)F)n1. The topological polar surface area (TPSA) is 25.8 Å². The van der Waals surface area contributed by atoms with Crippen molar-refractivity contribution in [3.05, 3.63) is 17.0 Å². The molecule has 7 heteroatoms. The maximum absolute atomic E-state index is 12.4. The first-order chi connectivity index (χ1) is 7.79. The highest BCUT2D eigenvalue weighted by atomic mass is 35.5. The Labute approximate surface area is 107 Å². The summed E-state index contributed by atoms with van der Waals surface area (Å²) in [5.41, 5.74) is 0. The van der Waals surface area contributed by atoms with Crippen LogP contribution in [0.15, 0.2) is 11.1 Å². The van der Waals surface area contributed by atoms with Gasteiger partial charge in [-0.1, -0.05) is 25.4 Å². The molecule has 0 spiro atoms. The first kappa shape index (κ1) is 14.6. The molecule has 0 N–H and O–H groups in total. The van der Waals surface area contributed by atoms with E-state index in [1.54, 1.807) is 0 Å². The molecule has 0 bridgehead atoms. The van der Waals surface area contributed by atoms with Gasteiger partial charge in [0.2, 0.25) is 5.82 Å². The van der Waals surface area contributed by atoms with E-state index in [0.717, 1.165) is 6.42 Å². The molecule has 0 aromatic carbocycles. The molecule has 17 heavy (non-hydrogen) atoms. The molecule has 0 amide bonds. The molecular weight excluding hydrogens is 273 g/mol. The van der Waals surface area contributed by atoms with Gasteiger partial charge in [-0.15, -0.1) is 11.8 Å². The third-order valence-electron chi connectivity index (χ3n) is 1.87. The Balaban J connectivity index is 2.76. The molecule has 0 radical (unpaired) electrons. The van der Waals surface area contributed by atoms with Crippen LogP contribution in [-0.4, -0.2) is 15.7 Å². The van der Waals surface area contributed by atoms with Crippen LogP contribution in [0.25, 0.3) is 0 Å². The number of nitrogens with zero attached hydrogens (tertiary/aromatic N) is 2. The van der Waals surface area contributed by atoms with Crippen LogP contribution in [0.4, 0.5) is 13.2 Å². The Kier molecular flexibility index (Phi) is 5.06. The highest BCUT2D eigenvalue weighted by molar-refractivity contribution is 7.99. The first-order valence-corrected chi connectivity index (χ1v) is 6.40. The molecule has 1 rings (SSSR count). The van der Waals surface area contributed by atoms with Crippen molar-refractivity contribution in [1.82, 2.24) is 9.97 Å². The fourth-order valence-electron chi connectivity index (χ4n) is 0.997. The number of hydrogen-bond donors (Lipinski definition) is 0. The summed E-state index contributed by atoms with van der Waals surface area (Å²) in [7, 11) is 0. The van der Waals surface area contributed by atoms with Crippen LogP contribution >= 0.6 is 23.4 Å². The van der Waals surface area contributed by atoms with E-state index < -0.39 is 12.0 Å². The van der Waals surface area contributed by atoms with Crippen molar-refractivity contribution < 1.29 is 13.2 Å². The lowest BCUT2D eigenvalue weighted by Gasteiger charge is -2.08. The number of halogens is 4. The van der Waals surface area contributed by atoms with Crippen molar-refractivity contribution in [2.45, 2.75) is 31.5 Å². The average molecular weight is 285 g/mol. The van der Waals surface area contributed by atoms with Gasteiger partial charge in [-0.3, -0.25) is 0 Å². The second-order valence-electron chi connectivity index (χ2n) is 3.88. The van der Waals surface area contributed by atoms with E-state index in [1.807, 2.05) is 0 Å². The second-order valence-corrected chi connectivity index (χ2v) is 5.38. The zero-order valence-electron chi connectivity index (χ0n) is 9.38. The minimum absolute atomic E-state index is 0.181. The zero-order valence-corrected chi connectivity index (χ0v) is 11.0. The smallest absolute Gasteiger partial charge is 0.218 e. The van der Waals surface area contributed by atoms with Gasteiger partial charge in [0.25, 0.3) is 0 Å². The molecule has 0 fully saturated rings. The molecule has 1 aromatic heterocycles. The van der Waals surface area contributed by atoms with Crippen LogP contribution in [0, 0.1) is 5.92 Å². The predicted octanol–water partition coefficient (Wildman–Crippen LogP) is 4.29. The van der Waals surface area contributed by atoms with Crippen molar-refractivity contribution in [3.8, 4) is 0 Å². The summed E-state index contributed by atoms with van der Waals surface area (Å²) >= 11 is 6.79. The first-order valence-electron chi connectivity index (χ1n) is 5.03. The summed E-state index contributed by atoms with van der Waals surface area (Å²) in [6.45, 7) is 4.10. The van der Waals surface area contributed by atoms with Gasteiger partial charge in [0.15, 0.2) is 0 Å².